The molecular weight excluding hydrogens is 241 g/mol. The summed E-state index contributed by atoms with van der Waals surface area (Å²) in [7, 11) is 1.91. The van der Waals surface area contributed by atoms with Gasteiger partial charge in [0.2, 0.25) is 0 Å². The summed E-state index contributed by atoms with van der Waals surface area (Å²) in [5.74, 6) is 0. The van der Waals surface area contributed by atoms with Crippen LogP contribution in [0.25, 0.3) is 20.8 Å². The third-order valence-electron chi connectivity index (χ3n) is 2.83. The third kappa shape index (κ3) is 1.91. The predicted molar refractivity (Wildman–Crippen MR) is 79.0 cm³/mol. The molecule has 3 N–H and O–H groups in total. The quantitative estimate of drug-likeness (QED) is 0.687. The first-order chi connectivity index (χ1) is 8.76. The Bertz CT molecular complexity index is 686. The van der Waals surface area contributed by atoms with Crippen LogP contribution in [0.2, 0.25) is 0 Å². The zero-order chi connectivity index (χ0) is 12.5. The van der Waals surface area contributed by atoms with Crippen molar-refractivity contribution in [1.29, 1.82) is 0 Å². The Hall–Kier alpha value is -2.07. The van der Waals surface area contributed by atoms with Crippen LogP contribution >= 0.6 is 11.3 Å². The molecule has 18 heavy (non-hydrogen) atoms. The van der Waals surface area contributed by atoms with Gasteiger partial charge in [0.1, 0.15) is 5.01 Å². The van der Waals surface area contributed by atoms with Crippen LogP contribution in [0.4, 0.5) is 11.4 Å². The molecule has 0 aliphatic carbocycles. The number of nitrogens with one attached hydrogen (secondary N) is 1. The van der Waals surface area contributed by atoms with E-state index in [1.165, 1.54) is 0 Å². The fraction of sp³-hybridized carbons (Fsp3) is 0.0714. The van der Waals surface area contributed by atoms with Crippen LogP contribution in [0.1, 0.15) is 0 Å². The van der Waals surface area contributed by atoms with Gasteiger partial charge in [-0.25, -0.2) is 4.98 Å². The standard InChI is InChI=1S/C14H13N3S/c1-16-11-5-2-9(3-6-11)14-17-12-7-4-10(15)8-13(12)18-14/h2-8,16H,15H2,1H3/i1-1. The van der Waals surface area contributed by atoms with E-state index in [1.807, 2.05) is 25.2 Å². The molecule has 2 aromatic carbocycles. The molecular formula is C14H13N3S. The number of nitrogens with zero attached hydrogens (tertiary/aromatic N) is 1. The number of fused-ring (bicyclic) bond motifs is 1. The van der Waals surface area contributed by atoms with Gasteiger partial charge in [0.25, 0.3) is 0 Å². The van der Waals surface area contributed by atoms with E-state index in [2.05, 4.69) is 34.6 Å². The third-order valence-corrected chi connectivity index (χ3v) is 3.90. The zero-order valence-corrected chi connectivity index (χ0v) is 10.8. The van der Waals surface area contributed by atoms with E-state index >= 15 is 0 Å². The van der Waals surface area contributed by atoms with Gasteiger partial charge in [-0.1, -0.05) is 0 Å². The van der Waals surface area contributed by atoms with Crippen molar-refractivity contribution >= 4 is 32.9 Å². The predicted octanol–water partition coefficient (Wildman–Crippen LogP) is 3.59. The lowest BCUT2D eigenvalue weighted by Gasteiger charge is -2.00. The van der Waals surface area contributed by atoms with E-state index in [9.17, 15) is 0 Å². The lowest BCUT2D eigenvalue weighted by molar-refractivity contribution is 1.46. The zero-order valence-electron chi connectivity index (χ0n) is 9.97. The number of benzene rings is 2. The second-order valence-electron chi connectivity index (χ2n) is 4.07. The van der Waals surface area contributed by atoms with E-state index in [0.29, 0.717) is 0 Å². The molecule has 3 rings (SSSR count). The number of anilines is 2. The van der Waals surface area contributed by atoms with Crippen LogP contribution in [0, 0.1) is 0 Å². The second-order valence-corrected chi connectivity index (χ2v) is 5.10. The van der Waals surface area contributed by atoms with Crippen molar-refractivity contribution in [1.82, 2.24) is 4.98 Å². The van der Waals surface area contributed by atoms with Gasteiger partial charge >= 0.3 is 0 Å². The lowest BCUT2D eigenvalue weighted by atomic mass is 10.2. The van der Waals surface area contributed by atoms with Crippen LogP contribution in [0.15, 0.2) is 42.5 Å². The Balaban J connectivity index is 2.07. The summed E-state index contributed by atoms with van der Waals surface area (Å²) < 4.78 is 1.13. The number of nitrogens with two attached hydrogens (primary N) is 1. The summed E-state index contributed by atoms with van der Waals surface area (Å²) in [6.45, 7) is 0. The summed E-state index contributed by atoms with van der Waals surface area (Å²) >= 11 is 1.67. The van der Waals surface area contributed by atoms with Crippen LogP contribution in [0.3, 0.4) is 0 Å². The van der Waals surface area contributed by atoms with Crippen LogP contribution in [-0.4, -0.2) is 12.0 Å². The van der Waals surface area contributed by atoms with Crippen molar-refractivity contribution in [2.75, 3.05) is 18.1 Å². The van der Waals surface area contributed by atoms with E-state index in [-0.39, 0.29) is 0 Å². The Morgan fingerprint density at radius 1 is 1.11 bits per heavy atom. The highest BCUT2D eigenvalue weighted by molar-refractivity contribution is 7.21. The summed E-state index contributed by atoms with van der Waals surface area (Å²) in [6.07, 6.45) is 0. The second kappa shape index (κ2) is 4.31. The van der Waals surface area contributed by atoms with Gasteiger partial charge in [-0.3, -0.25) is 0 Å². The van der Waals surface area contributed by atoms with Crippen LogP contribution < -0.4 is 11.1 Å². The Kier molecular flexibility index (Phi) is 2.64. The van der Waals surface area contributed by atoms with E-state index in [4.69, 9.17) is 5.73 Å². The molecule has 1 aromatic heterocycles. The molecule has 0 saturated carbocycles. The molecule has 0 amide bonds. The van der Waals surface area contributed by atoms with Crippen molar-refractivity contribution in [2.45, 2.75) is 0 Å². The highest BCUT2D eigenvalue weighted by Gasteiger charge is 2.06. The maximum atomic E-state index is 5.78. The number of rotatable bonds is 2. The van der Waals surface area contributed by atoms with Gasteiger partial charge < -0.3 is 11.1 Å². The minimum Gasteiger partial charge on any atom is -0.399 e. The monoisotopic (exact) mass is 254 g/mol. The van der Waals surface area contributed by atoms with Crippen molar-refractivity contribution in [3.8, 4) is 10.6 Å². The molecule has 1 heterocycles. The summed E-state index contributed by atoms with van der Waals surface area (Å²) in [5.41, 5.74) is 9.80. The smallest absolute Gasteiger partial charge is 0.124 e. The van der Waals surface area contributed by atoms with Gasteiger partial charge in [-0.15, -0.1) is 11.3 Å². The van der Waals surface area contributed by atoms with Crippen molar-refractivity contribution in [3.63, 3.8) is 0 Å². The molecule has 0 aliphatic heterocycles. The molecule has 0 saturated heterocycles. The molecule has 0 spiro atoms. The van der Waals surface area contributed by atoms with Gasteiger partial charge in [0.15, 0.2) is 0 Å². The highest BCUT2D eigenvalue weighted by atomic mass is 32.1. The summed E-state index contributed by atoms with van der Waals surface area (Å²) in [6, 6.07) is 14.1. The maximum Gasteiger partial charge on any atom is 0.124 e. The first-order valence-electron chi connectivity index (χ1n) is 5.70. The Labute approximate surface area is 109 Å². The van der Waals surface area contributed by atoms with Gasteiger partial charge in [-0.2, -0.15) is 0 Å². The number of thiazole rings is 1. The molecule has 0 radical (unpaired) electrons. The molecule has 3 aromatic rings. The molecule has 4 heteroatoms. The van der Waals surface area contributed by atoms with E-state index in [0.717, 1.165) is 32.2 Å². The Morgan fingerprint density at radius 3 is 2.61 bits per heavy atom. The molecule has 0 aliphatic rings. The molecule has 0 atom stereocenters. The van der Waals surface area contributed by atoms with Crippen molar-refractivity contribution in [3.05, 3.63) is 42.5 Å². The molecule has 0 unspecified atom stereocenters. The fourth-order valence-corrected chi connectivity index (χ4v) is 2.86. The molecule has 3 nitrogen and oxygen atoms in total. The number of aromatic nitrogens is 1. The topological polar surface area (TPSA) is 50.9 Å². The Morgan fingerprint density at radius 2 is 1.89 bits per heavy atom. The highest BCUT2D eigenvalue weighted by Crippen LogP contribution is 2.31. The molecule has 0 fully saturated rings. The van der Waals surface area contributed by atoms with Crippen molar-refractivity contribution < 1.29 is 0 Å². The minimum absolute atomic E-state index is 0.781. The maximum absolute atomic E-state index is 5.78. The number of hydrogen-bond donors (Lipinski definition) is 2. The number of hydrogen-bond acceptors (Lipinski definition) is 4. The van der Waals surface area contributed by atoms with Crippen LogP contribution in [0.5, 0.6) is 0 Å². The van der Waals surface area contributed by atoms with E-state index in [1.54, 1.807) is 11.3 Å². The minimum atomic E-state index is 0.781. The molecule has 90 valence electrons. The van der Waals surface area contributed by atoms with E-state index < -0.39 is 0 Å². The van der Waals surface area contributed by atoms with Gasteiger partial charge in [0, 0.05) is 24.0 Å². The molecule has 0 bridgehead atoms. The lowest BCUT2D eigenvalue weighted by Crippen LogP contribution is -1.86. The summed E-state index contributed by atoms with van der Waals surface area (Å²) in [4.78, 5) is 4.62. The van der Waals surface area contributed by atoms with Gasteiger partial charge in [0.05, 0.1) is 10.2 Å². The SMILES string of the molecule is [11CH3]Nc1ccc(-c2nc3ccc(N)cc3s2)cc1. The van der Waals surface area contributed by atoms with Crippen LogP contribution in [-0.2, 0) is 0 Å². The van der Waals surface area contributed by atoms with Crippen molar-refractivity contribution in [2.24, 2.45) is 0 Å². The average molecular weight is 254 g/mol. The normalized spacial score (nSPS) is 10.7. The van der Waals surface area contributed by atoms with Gasteiger partial charge in [-0.05, 0) is 42.5 Å². The summed E-state index contributed by atoms with van der Waals surface area (Å²) in [5, 5.41) is 4.13. The first kappa shape index (κ1) is 11.0. The number of nitrogen functional groups attached to an aromatic ring is 1. The largest absolute Gasteiger partial charge is 0.399 e. The first-order valence-corrected chi connectivity index (χ1v) is 6.52. The average Bonchev–Trinajstić information content (AvgIpc) is 2.81. The fourth-order valence-electron chi connectivity index (χ4n) is 1.84.